The van der Waals surface area contributed by atoms with Crippen molar-refractivity contribution in [3.05, 3.63) is 119 Å². The number of hydrogen-bond donors (Lipinski definition) is 5. The lowest BCUT2D eigenvalue weighted by molar-refractivity contribution is -0.245. The van der Waals surface area contributed by atoms with Gasteiger partial charge in [-0.15, -0.1) is 11.8 Å². The van der Waals surface area contributed by atoms with Gasteiger partial charge < -0.3 is 25.0 Å². The first-order valence-corrected chi connectivity index (χ1v) is 18.0. The first-order valence-electron chi connectivity index (χ1n) is 17.0. The number of aromatic carboxylic acids is 1. The number of carboxylic acids is 1. The van der Waals surface area contributed by atoms with E-state index in [1.807, 2.05) is 72.8 Å². The van der Waals surface area contributed by atoms with E-state index >= 15 is 0 Å². The van der Waals surface area contributed by atoms with E-state index in [-0.39, 0.29) is 36.7 Å². The quantitative estimate of drug-likeness (QED) is 0.0342. The third kappa shape index (κ3) is 10.9. The van der Waals surface area contributed by atoms with Crippen LogP contribution < -0.4 is 10.8 Å². The summed E-state index contributed by atoms with van der Waals surface area (Å²) in [4.78, 5) is 39.7. The lowest BCUT2D eigenvalue weighted by atomic mass is 9.97. The van der Waals surface area contributed by atoms with Crippen LogP contribution >= 0.6 is 11.8 Å². The van der Waals surface area contributed by atoms with E-state index in [0.29, 0.717) is 36.6 Å². The number of carboxylic acid groups (broad SMARTS) is 1. The summed E-state index contributed by atoms with van der Waals surface area (Å²) in [5.74, 6) is -0.984. The molecule has 0 radical (unpaired) electrons. The van der Waals surface area contributed by atoms with Crippen LogP contribution in [0.25, 0.3) is 11.1 Å². The van der Waals surface area contributed by atoms with Gasteiger partial charge in [0, 0.05) is 43.3 Å². The number of rotatable bonds is 17. The summed E-state index contributed by atoms with van der Waals surface area (Å²) in [5.41, 5.74) is 7.33. The summed E-state index contributed by atoms with van der Waals surface area (Å²) in [6.07, 6.45) is 4.60. The molecule has 51 heavy (non-hydrogen) atoms. The van der Waals surface area contributed by atoms with Crippen LogP contribution in [0.15, 0.2) is 96.2 Å². The largest absolute Gasteiger partial charge is 0.478 e. The van der Waals surface area contributed by atoms with E-state index in [1.165, 1.54) is 11.8 Å². The number of aromatic nitrogens is 1. The Balaban J connectivity index is 1.24. The first-order chi connectivity index (χ1) is 24.8. The number of carbonyl (C=O) groups excluding carboxylic acids is 2. The molecular weight excluding hydrogens is 671 g/mol. The number of amides is 2. The Morgan fingerprint density at radius 3 is 2.24 bits per heavy atom. The number of unbranched alkanes of at least 4 members (excludes halogenated alkanes) is 3. The van der Waals surface area contributed by atoms with Crippen molar-refractivity contribution in [3.8, 4) is 11.1 Å². The molecule has 1 aromatic heterocycles. The third-order valence-corrected chi connectivity index (χ3v) is 9.83. The molecule has 5 N–H and O–H groups in total. The van der Waals surface area contributed by atoms with Crippen molar-refractivity contribution in [2.45, 2.75) is 81.6 Å². The molecule has 0 unspecified atom stereocenters. The SMILES string of the molecule is O=C(CCCCCCC(=O)NCc1ccccc1-c1ccc([C@H]2O[C@@H](CSc3ncccc3C(=O)O)C[C@@H](c3ccc(CO)cc3)O2)cc1)NO. The second-order valence-electron chi connectivity index (χ2n) is 12.3. The summed E-state index contributed by atoms with van der Waals surface area (Å²) < 4.78 is 13.0. The highest BCUT2D eigenvalue weighted by molar-refractivity contribution is 7.99. The fourth-order valence-corrected chi connectivity index (χ4v) is 6.91. The van der Waals surface area contributed by atoms with Gasteiger partial charge in [-0.05, 0) is 52.8 Å². The number of thioether (sulfide) groups is 1. The predicted octanol–water partition coefficient (Wildman–Crippen LogP) is 6.74. The average molecular weight is 714 g/mol. The zero-order valence-electron chi connectivity index (χ0n) is 28.2. The van der Waals surface area contributed by atoms with E-state index in [2.05, 4.69) is 10.3 Å². The number of ether oxygens (including phenoxy) is 2. The summed E-state index contributed by atoms with van der Waals surface area (Å²) in [5, 5.41) is 31.2. The maximum absolute atomic E-state index is 12.6. The number of nitrogens with zero attached hydrogens (tertiary/aromatic N) is 1. The molecule has 0 bridgehead atoms. The summed E-state index contributed by atoms with van der Waals surface area (Å²) >= 11 is 1.34. The maximum atomic E-state index is 12.6. The average Bonchev–Trinajstić information content (AvgIpc) is 3.17. The first kappa shape index (κ1) is 37.7. The number of pyridine rings is 1. The van der Waals surface area contributed by atoms with Gasteiger partial charge in [-0.1, -0.05) is 85.6 Å². The normalized spacial score (nSPS) is 17.1. The van der Waals surface area contributed by atoms with Crippen molar-refractivity contribution in [1.82, 2.24) is 15.8 Å². The van der Waals surface area contributed by atoms with Gasteiger partial charge in [0.05, 0.1) is 24.4 Å². The fraction of sp³-hybridized carbons (Fsp3) is 0.333. The Bertz CT molecular complexity index is 1750. The van der Waals surface area contributed by atoms with E-state index in [0.717, 1.165) is 52.6 Å². The van der Waals surface area contributed by atoms with Gasteiger partial charge in [-0.2, -0.15) is 0 Å². The Morgan fingerprint density at radius 1 is 0.824 bits per heavy atom. The number of carbonyl (C=O) groups is 3. The summed E-state index contributed by atoms with van der Waals surface area (Å²) in [6.45, 7) is 0.337. The van der Waals surface area contributed by atoms with Gasteiger partial charge in [0.1, 0.15) is 5.03 Å². The van der Waals surface area contributed by atoms with E-state index < -0.39 is 18.2 Å². The lowest BCUT2D eigenvalue weighted by Gasteiger charge is -2.36. The number of hydroxylamine groups is 1. The lowest BCUT2D eigenvalue weighted by Crippen LogP contribution is -2.31. The van der Waals surface area contributed by atoms with Crippen molar-refractivity contribution < 1.29 is 39.3 Å². The number of nitrogens with one attached hydrogen (secondary N) is 2. The number of aliphatic hydroxyl groups excluding tert-OH is 1. The van der Waals surface area contributed by atoms with Crippen LogP contribution in [0, 0.1) is 0 Å². The monoisotopic (exact) mass is 713 g/mol. The minimum absolute atomic E-state index is 0.0321. The predicted molar refractivity (Wildman–Crippen MR) is 192 cm³/mol. The van der Waals surface area contributed by atoms with Crippen LogP contribution in [0.2, 0.25) is 0 Å². The Labute approximate surface area is 301 Å². The second kappa shape index (κ2) is 19.1. The molecule has 1 saturated heterocycles. The molecule has 2 heterocycles. The van der Waals surface area contributed by atoms with Gasteiger partial charge in [0.2, 0.25) is 11.8 Å². The zero-order valence-corrected chi connectivity index (χ0v) is 29.0. The van der Waals surface area contributed by atoms with E-state index in [1.54, 1.807) is 23.8 Å². The van der Waals surface area contributed by atoms with Crippen LogP contribution in [0.3, 0.4) is 0 Å². The smallest absolute Gasteiger partial charge is 0.338 e. The Hall–Kier alpha value is -4.59. The molecule has 2 amide bonds. The van der Waals surface area contributed by atoms with Crippen molar-refractivity contribution in [1.29, 1.82) is 0 Å². The highest BCUT2D eigenvalue weighted by atomic mass is 32.2. The van der Waals surface area contributed by atoms with E-state index in [4.69, 9.17) is 14.7 Å². The van der Waals surface area contributed by atoms with Crippen molar-refractivity contribution in [2.75, 3.05) is 5.75 Å². The fourth-order valence-electron chi connectivity index (χ4n) is 5.90. The topological polar surface area (TPSA) is 167 Å². The highest BCUT2D eigenvalue weighted by Gasteiger charge is 2.32. The van der Waals surface area contributed by atoms with Gasteiger partial charge in [0.15, 0.2) is 6.29 Å². The van der Waals surface area contributed by atoms with Crippen LogP contribution in [0.4, 0.5) is 0 Å². The number of hydrogen-bond acceptors (Lipinski definition) is 9. The molecule has 1 aliphatic heterocycles. The maximum Gasteiger partial charge on any atom is 0.338 e. The molecule has 3 atom stereocenters. The van der Waals surface area contributed by atoms with Crippen LogP contribution in [-0.4, -0.2) is 50.0 Å². The Morgan fingerprint density at radius 2 is 1.53 bits per heavy atom. The molecule has 11 nitrogen and oxygen atoms in total. The molecule has 1 aliphatic rings. The summed E-state index contributed by atoms with van der Waals surface area (Å²) in [7, 11) is 0. The molecule has 268 valence electrons. The Kier molecular flexibility index (Phi) is 14.1. The standard InChI is InChI=1S/C39H43N3O8S/c43-24-26-13-15-28(16-14-26)34-22-31(25-51-37-33(38(46)47)10-7-21-40-37)49-39(50-34)29-19-17-27(18-20-29)32-9-6-5-8-30(32)23-41-35(44)11-3-1-2-4-12-36(45)42-48/h5-10,13-21,31,34,39,43,48H,1-4,11-12,22-25H2,(H,41,44)(H,42,45)(H,46,47)/t31-,34+,39+/m1/s1. The minimum Gasteiger partial charge on any atom is -0.478 e. The van der Waals surface area contributed by atoms with Crippen molar-refractivity contribution in [2.24, 2.45) is 0 Å². The molecule has 0 aliphatic carbocycles. The molecule has 0 spiro atoms. The molecule has 5 rings (SSSR count). The van der Waals surface area contributed by atoms with Gasteiger partial charge >= 0.3 is 5.97 Å². The van der Waals surface area contributed by atoms with Crippen molar-refractivity contribution >= 4 is 29.5 Å². The summed E-state index contributed by atoms with van der Waals surface area (Å²) in [6, 6.07) is 26.7. The van der Waals surface area contributed by atoms with Crippen LogP contribution in [0.1, 0.15) is 90.0 Å². The molecular formula is C39H43N3O8S. The molecule has 12 heteroatoms. The van der Waals surface area contributed by atoms with Gasteiger partial charge in [-0.25, -0.2) is 15.3 Å². The molecule has 3 aromatic carbocycles. The highest BCUT2D eigenvalue weighted by Crippen LogP contribution is 2.40. The third-order valence-electron chi connectivity index (χ3n) is 8.69. The minimum atomic E-state index is -1.03. The number of benzene rings is 3. The zero-order chi connectivity index (χ0) is 36.0. The van der Waals surface area contributed by atoms with Crippen LogP contribution in [-0.2, 0) is 32.2 Å². The molecule has 1 fully saturated rings. The van der Waals surface area contributed by atoms with E-state index in [9.17, 15) is 24.6 Å². The second-order valence-corrected chi connectivity index (χ2v) is 13.3. The van der Waals surface area contributed by atoms with Gasteiger partial charge in [-0.3, -0.25) is 14.8 Å². The molecule has 4 aromatic rings. The molecule has 0 saturated carbocycles. The van der Waals surface area contributed by atoms with Crippen LogP contribution in [0.5, 0.6) is 0 Å². The number of aliphatic hydroxyl groups is 1. The van der Waals surface area contributed by atoms with Crippen molar-refractivity contribution in [3.63, 3.8) is 0 Å². The van der Waals surface area contributed by atoms with Gasteiger partial charge in [0.25, 0.3) is 0 Å².